The summed E-state index contributed by atoms with van der Waals surface area (Å²) in [5.41, 5.74) is 2.87. The second-order valence-electron chi connectivity index (χ2n) is 7.36. The minimum absolute atomic E-state index is 0.322. The van der Waals surface area contributed by atoms with Crippen molar-refractivity contribution in [2.24, 2.45) is 0 Å². The monoisotopic (exact) mass is 405 g/mol. The average molecular weight is 406 g/mol. The Morgan fingerprint density at radius 2 is 1.93 bits per heavy atom. The Kier molecular flexibility index (Phi) is 6.39. The summed E-state index contributed by atoms with van der Waals surface area (Å²) in [5.74, 6) is 0.589. The van der Waals surface area contributed by atoms with Crippen molar-refractivity contribution < 1.29 is 9.53 Å². The van der Waals surface area contributed by atoms with Gasteiger partial charge in [-0.15, -0.1) is 0 Å². The van der Waals surface area contributed by atoms with Crippen LogP contribution in [0.3, 0.4) is 0 Å². The van der Waals surface area contributed by atoms with E-state index in [1.807, 2.05) is 23.0 Å². The molecule has 7 nitrogen and oxygen atoms in total. The van der Waals surface area contributed by atoms with Gasteiger partial charge < -0.3 is 9.64 Å². The molecular weight excluding hydrogens is 378 g/mol. The molecule has 0 radical (unpaired) electrons. The van der Waals surface area contributed by atoms with Crippen LogP contribution in [-0.2, 0) is 11.3 Å². The number of carbonyl (C=O) groups excluding carboxylic acids is 1. The van der Waals surface area contributed by atoms with Gasteiger partial charge >= 0.3 is 5.97 Å². The minimum Gasteiger partial charge on any atom is -0.462 e. The lowest BCUT2D eigenvalue weighted by atomic mass is 10.2. The quantitative estimate of drug-likeness (QED) is 0.587. The van der Waals surface area contributed by atoms with E-state index in [0.29, 0.717) is 12.2 Å². The van der Waals surface area contributed by atoms with Gasteiger partial charge in [0.1, 0.15) is 5.82 Å². The first-order valence-corrected chi connectivity index (χ1v) is 10.4. The fraction of sp³-hybridized carbons (Fsp3) is 0.348. The smallest absolute Gasteiger partial charge is 0.339 e. The maximum Gasteiger partial charge on any atom is 0.339 e. The van der Waals surface area contributed by atoms with Crippen molar-refractivity contribution in [1.82, 2.24) is 19.7 Å². The van der Waals surface area contributed by atoms with Gasteiger partial charge in [0.05, 0.1) is 17.9 Å². The standard InChI is InChI=1S/C23H27N5O2/c1-2-30-23(29)20-7-10-22(24-17-20)27-13-4-12-26(15-16-27)18-19-5-8-21(9-6-19)28-14-3-11-25-28/h3,5-11,14,17H,2,4,12-13,15-16,18H2,1H3. The van der Waals surface area contributed by atoms with E-state index in [9.17, 15) is 4.79 Å². The van der Waals surface area contributed by atoms with E-state index in [1.54, 1.807) is 25.4 Å². The predicted octanol–water partition coefficient (Wildman–Crippen LogP) is 3.16. The normalized spacial score (nSPS) is 15.0. The summed E-state index contributed by atoms with van der Waals surface area (Å²) >= 11 is 0. The van der Waals surface area contributed by atoms with Crippen molar-refractivity contribution in [3.63, 3.8) is 0 Å². The van der Waals surface area contributed by atoms with Crippen molar-refractivity contribution in [2.75, 3.05) is 37.7 Å². The van der Waals surface area contributed by atoms with Crippen LogP contribution in [0.15, 0.2) is 61.1 Å². The molecule has 0 spiro atoms. The van der Waals surface area contributed by atoms with Crippen LogP contribution in [-0.4, -0.2) is 58.4 Å². The first-order chi connectivity index (χ1) is 14.7. The van der Waals surface area contributed by atoms with Gasteiger partial charge in [-0.3, -0.25) is 4.90 Å². The zero-order chi connectivity index (χ0) is 20.8. The number of rotatable bonds is 6. The zero-order valence-electron chi connectivity index (χ0n) is 17.3. The number of esters is 1. The lowest BCUT2D eigenvalue weighted by Crippen LogP contribution is -2.31. The van der Waals surface area contributed by atoms with Crippen molar-refractivity contribution in [1.29, 1.82) is 0 Å². The third kappa shape index (κ3) is 4.86. The molecule has 30 heavy (non-hydrogen) atoms. The topological polar surface area (TPSA) is 63.5 Å². The van der Waals surface area contributed by atoms with Gasteiger partial charge in [0.15, 0.2) is 0 Å². The fourth-order valence-corrected chi connectivity index (χ4v) is 3.70. The van der Waals surface area contributed by atoms with Crippen LogP contribution in [0.5, 0.6) is 0 Å². The Bertz CT molecular complexity index is 939. The Labute approximate surface area is 176 Å². The fourth-order valence-electron chi connectivity index (χ4n) is 3.70. The van der Waals surface area contributed by atoms with E-state index in [0.717, 1.165) is 50.6 Å². The Morgan fingerprint density at radius 1 is 1.07 bits per heavy atom. The summed E-state index contributed by atoms with van der Waals surface area (Å²) in [6.45, 7) is 7.01. The van der Waals surface area contributed by atoms with Crippen LogP contribution < -0.4 is 4.90 Å². The first kappa shape index (κ1) is 20.1. The van der Waals surface area contributed by atoms with Gasteiger partial charge in [-0.25, -0.2) is 14.5 Å². The number of anilines is 1. The molecule has 2 aromatic heterocycles. The molecule has 0 bridgehead atoms. The average Bonchev–Trinajstić information content (AvgIpc) is 3.22. The molecule has 0 unspecified atom stereocenters. The predicted molar refractivity (Wildman–Crippen MR) is 116 cm³/mol. The molecule has 3 aromatic rings. The molecule has 0 saturated carbocycles. The number of nitrogens with zero attached hydrogens (tertiary/aromatic N) is 5. The van der Waals surface area contributed by atoms with E-state index in [2.05, 4.69) is 44.1 Å². The Balaban J connectivity index is 1.33. The summed E-state index contributed by atoms with van der Waals surface area (Å²) in [7, 11) is 0. The van der Waals surface area contributed by atoms with Crippen LogP contribution in [0, 0.1) is 0 Å². The highest BCUT2D eigenvalue weighted by molar-refractivity contribution is 5.89. The third-order valence-electron chi connectivity index (χ3n) is 5.28. The molecule has 1 aromatic carbocycles. The SMILES string of the molecule is CCOC(=O)c1ccc(N2CCCN(Cc3ccc(-n4cccn4)cc3)CC2)nc1. The molecule has 1 aliphatic rings. The summed E-state index contributed by atoms with van der Waals surface area (Å²) in [4.78, 5) is 21.1. The van der Waals surface area contributed by atoms with Crippen LogP contribution in [0.2, 0.25) is 0 Å². The molecule has 0 N–H and O–H groups in total. The molecular formula is C23H27N5O2. The van der Waals surface area contributed by atoms with Crippen LogP contribution in [0.4, 0.5) is 5.82 Å². The molecule has 4 rings (SSSR count). The molecule has 0 atom stereocenters. The van der Waals surface area contributed by atoms with Crippen LogP contribution >= 0.6 is 0 Å². The van der Waals surface area contributed by atoms with E-state index >= 15 is 0 Å². The molecule has 0 aliphatic carbocycles. The van der Waals surface area contributed by atoms with E-state index in [-0.39, 0.29) is 5.97 Å². The molecule has 7 heteroatoms. The van der Waals surface area contributed by atoms with Crippen molar-refractivity contribution in [3.8, 4) is 5.69 Å². The number of hydrogen-bond donors (Lipinski definition) is 0. The maximum atomic E-state index is 11.8. The summed E-state index contributed by atoms with van der Waals surface area (Å²) in [6.07, 6.45) is 6.42. The van der Waals surface area contributed by atoms with Gasteiger partial charge in [0.25, 0.3) is 0 Å². The minimum atomic E-state index is -0.322. The highest BCUT2D eigenvalue weighted by Crippen LogP contribution is 2.17. The molecule has 0 amide bonds. The summed E-state index contributed by atoms with van der Waals surface area (Å²) in [6, 6.07) is 14.2. The van der Waals surface area contributed by atoms with Crippen LogP contribution in [0.1, 0.15) is 29.3 Å². The number of carbonyl (C=O) groups is 1. The number of pyridine rings is 1. The Hall–Kier alpha value is -3.19. The number of benzene rings is 1. The molecule has 3 heterocycles. The van der Waals surface area contributed by atoms with Crippen molar-refractivity contribution in [2.45, 2.75) is 19.9 Å². The van der Waals surface area contributed by atoms with E-state index in [4.69, 9.17) is 4.74 Å². The second-order valence-corrected chi connectivity index (χ2v) is 7.36. The molecule has 1 fully saturated rings. The zero-order valence-corrected chi connectivity index (χ0v) is 17.3. The Morgan fingerprint density at radius 3 is 2.63 bits per heavy atom. The lowest BCUT2D eigenvalue weighted by molar-refractivity contribution is 0.0526. The highest BCUT2D eigenvalue weighted by Gasteiger charge is 2.17. The highest BCUT2D eigenvalue weighted by atomic mass is 16.5. The molecule has 1 saturated heterocycles. The number of aromatic nitrogens is 3. The molecule has 1 aliphatic heterocycles. The van der Waals surface area contributed by atoms with E-state index in [1.165, 1.54) is 5.56 Å². The third-order valence-corrected chi connectivity index (χ3v) is 5.28. The number of ether oxygens (including phenoxy) is 1. The maximum absolute atomic E-state index is 11.8. The summed E-state index contributed by atoms with van der Waals surface area (Å²) < 4.78 is 6.90. The summed E-state index contributed by atoms with van der Waals surface area (Å²) in [5, 5.41) is 4.27. The van der Waals surface area contributed by atoms with Gasteiger partial charge in [0, 0.05) is 51.3 Å². The largest absolute Gasteiger partial charge is 0.462 e. The van der Waals surface area contributed by atoms with Gasteiger partial charge in [-0.05, 0) is 49.2 Å². The second kappa shape index (κ2) is 9.54. The van der Waals surface area contributed by atoms with Crippen molar-refractivity contribution >= 4 is 11.8 Å². The van der Waals surface area contributed by atoms with Gasteiger partial charge in [-0.1, -0.05) is 12.1 Å². The number of hydrogen-bond acceptors (Lipinski definition) is 6. The van der Waals surface area contributed by atoms with Crippen LogP contribution in [0.25, 0.3) is 5.69 Å². The first-order valence-electron chi connectivity index (χ1n) is 10.4. The van der Waals surface area contributed by atoms with Gasteiger partial charge in [-0.2, -0.15) is 5.10 Å². The lowest BCUT2D eigenvalue weighted by Gasteiger charge is -2.23. The molecule has 156 valence electrons. The van der Waals surface area contributed by atoms with E-state index < -0.39 is 0 Å². The van der Waals surface area contributed by atoms with Gasteiger partial charge in [0.2, 0.25) is 0 Å². The van der Waals surface area contributed by atoms with Crippen molar-refractivity contribution in [3.05, 3.63) is 72.2 Å².